The first kappa shape index (κ1) is 12.9. The summed E-state index contributed by atoms with van der Waals surface area (Å²) < 4.78 is 0. The van der Waals surface area contributed by atoms with E-state index in [1.807, 2.05) is 6.92 Å². The molecule has 2 atom stereocenters. The molecule has 0 aliphatic carbocycles. The number of aliphatic carboxylic acids is 1. The second-order valence-electron chi connectivity index (χ2n) is 4.13. The van der Waals surface area contributed by atoms with Crippen LogP contribution in [0, 0.1) is 0 Å². The Morgan fingerprint density at radius 1 is 1.67 bits per heavy atom. The highest BCUT2D eigenvalue weighted by atomic mass is 32.2. The van der Waals surface area contributed by atoms with Gasteiger partial charge in [0.05, 0.1) is 17.1 Å². The van der Waals surface area contributed by atoms with Gasteiger partial charge in [0.15, 0.2) is 0 Å². The monoisotopic (exact) mass is 269 g/mol. The molecule has 1 amide bonds. The Bertz CT molecular complexity index is 435. The first-order valence-electron chi connectivity index (χ1n) is 5.81. The van der Waals surface area contributed by atoms with E-state index in [1.54, 1.807) is 0 Å². The third kappa shape index (κ3) is 2.35. The predicted octanol–water partition coefficient (Wildman–Crippen LogP) is 1.18. The summed E-state index contributed by atoms with van der Waals surface area (Å²) in [6.07, 6.45) is 4.64. The zero-order chi connectivity index (χ0) is 13.1. The Kier molecular flexibility index (Phi) is 3.90. The zero-order valence-corrected chi connectivity index (χ0v) is 10.8. The van der Waals surface area contributed by atoms with E-state index in [0.29, 0.717) is 11.3 Å². The van der Waals surface area contributed by atoms with E-state index in [0.717, 1.165) is 12.8 Å². The van der Waals surface area contributed by atoms with Crippen LogP contribution in [0.1, 0.15) is 30.1 Å². The predicted molar refractivity (Wildman–Crippen MR) is 67.3 cm³/mol. The molecule has 0 saturated carbocycles. The van der Waals surface area contributed by atoms with Gasteiger partial charge in [-0.15, -0.1) is 11.8 Å². The molecule has 7 heteroatoms. The Hall–Kier alpha value is -1.50. The summed E-state index contributed by atoms with van der Waals surface area (Å²) in [6.45, 7) is 2.02. The molecule has 1 fully saturated rings. The van der Waals surface area contributed by atoms with E-state index in [2.05, 4.69) is 10.2 Å². The van der Waals surface area contributed by atoms with E-state index in [-0.39, 0.29) is 11.3 Å². The van der Waals surface area contributed by atoms with Crippen LogP contribution < -0.4 is 0 Å². The lowest BCUT2D eigenvalue weighted by atomic mass is 10.2. The van der Waals surface area contributed by atoms with Gasteiger partial charge in [-0.3, -0.25) is 9.89 Å². The third-order valence-corrected chi connectivity index (χ3v) is 4.25. The van der Waals surface area contributed by atoms with Crippen molar-refractivity contribution >= 4 is 23.6 Å². The summed E-state index contributed by atoms with van der Waals surface area (Å²) in [5.41, 5.74) is 0.407. The third-order valence-electron chi connectivity index (χ3n) is 2.89. The van der Waals surface area contributed by atoms with E-state index in [4.69, 9.17) is 0 Å². The number of nitrogens with zero attached hydrogens (tertiary/aromatic N) is 2. The van der Waals surface area contributed by atoms with Crippen LogP contribution in [0.15, 0.2) is 12.4 Å². The first-order valence-corrected chi connectivity index (χ1v) is 6.86. The highest BCUT2D eigenvalue weighted by Crippen LogP contribution is 2.33. The summed E-state index contributed by atoms with van der Waals surface area (Å²) in [5.74, 6) is -0.763. The molecule has 98 valence electrons. The summed E-state index contributed by atoms with van der Waals surface area (Å²) in [4.78, 5) is 25.0. The fourth-order valence-electron chi connectivity index (χ4n) is 2.01. The van der Waals surface area contributed by atoms with Crippen molar-refractivity contribution in [2.45, 2.75) is 31.2 Å². The van der Waals surface area contributed by atoms with E-state index in [1.165, 1.54) is 29.1 Å². The molecule has 1 aliphatic heterocycles. The van der Waals surface area contributed by atoms with Crippen molar-refractivity contribution in [3.8, 4) is 0 Å². The van der Waals surface area contributed by atoms with Gasteiger partial charge in [0.2, 0.25) is 0 Å². The van der Waals surface area contributed by atoms with Crippen LogP contribution in [0.4, 0.5) is 0 Å². The number of amides is 1. The summed E-state index contributed by atoms with van der Waals surface area (Å²) >= 11 is 1.53. The van der Waals surface area contributed by atoms with Gasteiger partial charge < -0.3 is 10.0 Å². The molecule has 0 spiro atoms. The number of nitrogens with one attached hydrogen (secondary N) is 1. The van der Waals surface area contributed by atoms with Crippen molar-refractivity contribution in [3.05, 3.63) is 18.0 Å². The van der Waals surface area contributed by atoms with Crippen molar-refractivity contribution < 1.29 is 14.7 Å². The number of carboxylic acids is 1. The maximum atomic E-state index is 12.3. The second-order valence-corrected chi connectivity index (χ2v) is 5.34. The largest absolute Gasteiger partial charge is 0.480 e. The van der Waals surface area contributed by atoms with Gasteiger partial charge in [-0.2, -0.15) is 5.10 Å². The van der Waals surface area contributed by atoms with Crippen molar-refractivity contribution in [1.29, 1.82) is 0 Å². The van der Waals surface area contributed by atoms with Crippen molar-refractivity contribution in [3.63, 3.8) is 0 Å². The summed E-state index contributed by atoms with van der Waals surface area (Å²) in [7, 11) is 0. The van der Waals surface area contributed by atoms with Gasteiger partial charge >= 0.3 is 5.97 Å². The quantitative estimate of drug-likeness (QED) is 0.857. The maximum Gasteiger partial charge on any atom is 0.327 e. The zero-order valence-electron chi connectivity index (χ0n) is 10.00. The van der Waals surface area contributed by atoms with Crippen molar-refractivity contribution in [1.82, 2.24) is 15.1 Å². The Balaban J connectivity index is 2.23. The number of H-pyrrole nitrogens is 1. The standard InChI is InChI=1S/C11H15N3O3S/c1-2-3-9-14(8(6-18-9)11(16)17)10(15)7-4-12-13-5-7/h4-5,8-9H,2-3,6H2,1H3,(H,12,13)(H,16,17). The van der Waals surface area contributed by atoms with Crippen molar-refractivity contribution in [2.24, 2.45) is 0 Å². The minimum absolute atomic E-state index is 0.0569. The van der Waals surface area contributed by atoms with E-state index < -0.39 is 12.0 Å². The summed E-state index contributed by atoms with van der Waals surface area (Å²) in [6, 6.07) is -0.742. The number of aromatic nitrogens is 2. The normalized spacial score (nSPS) is 23.3. The number of rotatable bonds is 4. The molecule has 1 saturated heterocycles. The molecule has 6 nitrogen and oxygen atoms in total. The van der Waals surface area contributed by atoms with Gasteiger partial charge in [-0.25, -0.2) is 4.79 Å². The van der Waals surface area contributed by atoms with Crippen LogP contribution >= 0.6 is 11.8 Å². The van der Waals surface area contributed by atoms with Gasteiger partial charge in [-0.1, -0.05) is 13.3 Å². The molecule has 1 aromatic heterocycles. The lowest BCUT2D eigenvalue weighted by Crippen LogP contribution is -2.45. The molecular weight excluding hydrogens is 254 g/mol. The minimum atomic E-state index is -0.946. The number of carbonyl (C=O) groups excluding carboxylic acids is 1. The molecule has 2 heterocycles. The molecule has 0 bridgehead atoms. The number of hydrogen-bond donors (Lipinski definition) is 2. The molecule has 0 aromatic carbocycles. The summed E-state index contributed by atoms with van der Waals surface area (Å²) in [5, 5.41) is 15.4. The van der Waals surface area contributed by atoms with Crippen molar-refractivity contribution in [2.75, 3.05) is 5.75 Å². The Morgan fingerprint density at radius 2 is 2.44 bits per heavy atom. The van der Waals surface area contributed by atoms with Crippen LogP contribution in [-0.4, -0.2) is 49.2 Å². The second kappa shape index (κ2) is 5.43. The molecule has 2 unspecified atom stereocenters. The maximum absolute atomic E-state index is 12.3. The number of thioether (sulfide) groups is 1. The number of carboxylic acid groups (broad SMARTS) is 1. The van der Waals surface area contributed by atoms with Crippen LogP contribution in [0.5, 0.6) is 0 Å². The van der Waals surface area contributed by atoms with Gasteiger partial charge in [0, 0.05) is 11.9 Å². The molecule has 18 heavy (non-hydrogen) atoms. The average Bonchev–Trinajstić information content (AvgIpc) is 2.97. The average molecular weight is 269 g/mol. The van der Waals surface area contributed by atoms with Crippen LogP contribution in [0.2, 0.25) is 0 Å². The van der Waals surface area contributed by atoms with Crippen LogP contribution in [0.3, 0.4) is 0 Å². The highest BCUT2D eigenvalue weighted by molar-refractivity contribution is 8.00. The number of hydrogen-bond acceptors (Lipinski definition) is 4. The van der Waals surface area contributed by atoms with Gasteiger partial charge in [0.25, 0.3) is 5.91 Å². The van der Waals surface area contributed by atoms with Gasteiger partial charge in [0.1, 0.15) is 6.04 Å². The number of aromatic amines is 1. The highest BCUT2D eigenvalue weighted by Gasteiger charge is 2.41. The lowest BCUT2D eigenvalue weighted by molar-refractivity contribution is -0.141. The number of carbonyl (C=O) groups is 2. The molecule has 1 aromatic rings. The van der Waals surface area contributed by atoms with Crippen LogP contribution in [-0.2, 0) is 4.79 Å². The molecular formula is C11H15N3O3S. The topological polar surface area (TPSA) is 86.3 Å². The van der Waals surface area contributed by atoms with Gasteiger partial charge in [-0.05, 0) is 6.42 Å². The van der Waals surface area contributed by atoms with E-state index in [9.17, 15) is 14.7 Å². The van der Waals surface area contributed by atoms with E-state index >= 15 is 0 Å². The minimum Gasteiger partial charge on any atom is -0.480 e. The molecule has 2 N–H and O–H groups in total. The molecule has 2 rings (SSSR count). The SMILES string of the molecule is CCCC1SCC(C(=O)O)N1C(=O)c1cn[nH]c1. The Morgan fingerprint density at radius 3 is 3.00 bits per heavy atom. The molecule has 0 radical (unpaired) electrons. The first-order chi connectivity index (χ1) is 8.65. The fraction of sp³-hybridized carbons (Fsp3) is 0.545. The smallest absolute Gasteiger partial charge is 0.327 e. The molecule has 1 aliphatic rings. The Labute approximate surface area is 109 Å². The fourth-order valence-corrected chi connectivity index (χ4v) is 3.53. The lowest BCUT2D eigenvalue weighted by Gasteiger charge is -2.26. The van der Waals surface area contributed by atoms with Crippen LogP contribution in [0.25, 0.3) is 0 Å².